The summed E-state index contributed by atoms with van der Waals surface area (Å²) in [4.78, 5) is 22.4. The molecule has 0 saturated heterocycles. The molecule has 2 heterocycles. The maximum Gasteiger partial charge on any atom is 0.327 e. The van der Waals surface area contributed by atoms with Gasteiger partial charge in [0.2, 0.25) is 0 Å². The van der Waals surface area contributed by atoms with Crippen LogP contribution >= 0.6 is 31.5 Å². The number of anilines is 1. The lowest BCUT2D eigenvalue weighted by atomic mass is 10.2. The Morgan fingerprint density at radius 2 is 1.91 bits per heavy atom. The highest BCUT2D eigenvalue weighted by atomic mass is 35.5. The van der Waals surface area contributed by atoms with Crippen molar-refractivity contribution >= 4 is 37.2 Å². The molecule has 2 unspecified atom stereocenters. The normalized spacial score (nSPS) is 13.4. The van der Waals surface area contributed by atoms with Crippen molar-refractivity contribution in [2.45, 2.75) is 45.9 Å². The summed E-state index contributed by atoms with van der Waals surface area (Å²) in [6.07, 6.45) is -0.703. The molecular formula is C21H26ClFN5O4PS. The van der Waals surface area contributed by atoms with Crippen molar-refractivity contribution in [3.63, 3.8) is 0 Å². The minimum Gasteiger partial charge on any atom is -0.489 e. The van der Waals surface area contributed by atoms with Gasteiger partial charge < -0.3 is 30.1 Å². The van der Waals surface area contributed by atoms with Crippen molar-refractivity contribution in [3.05, 3.63) is 40.8 Å². The van der Waals surface area contributed by atoms with Crippen LogP contribution in [0.4, 0.5) is 10.1 Å². The van der Waals surface area contributed by atoms with Gasteiger partial charge in [-0.2, -0.15) is 0 Å². The Balaban J connectivity index is 1.75. The topological polar surface area (TPSA) is 136 Å². The molecule has 0 aliphatic rings. The molecule has 0 saturated carbocycles. The highest BCUT2D eigenvalue weighted by molar-refractivity contribution is 7.39. The average Bonchev–Trinajstić information content (AvgIpc) is 3.24. The molecule has 2 atom stereocenters. The van der Waals surface area contributed by atoms with Gasteiger partial charge in [-0.05, 0) is 45.9 Å². The second-order valence-electron chi connectivity index (χ2n) is 7.84. The molecule has 0 spiro atoms. The zero-order valence-electron chi connectivity index (χ0n) is 19.0. The lowest BCUT2D eigenvalue weighted by Crippen LogP contribution is -2.39. The number of aromatic nitrogens is 3. The number of halogens is 2. The van der Waals surface area contributed by atoms with E-state index < -0.39 is 26.6 Å². The molecule has 0 aliphatic heterocycles. The standard InChI is InChI=1S/C21H26ClFN5O4PS/c1-10(2)25-17-5-6-18(26-11(17)3)21-28-27-20(34-21)13-7-15(23)19(8-14(13)22)31-9-16(24)12(4)32-33(29)30/h5-8,10,12,16,25,29-30H,9,24H2,1-4H3. The van der Waals surface area contributed by atoms with E-state index in [4.69, 9.17) is 36.4 Å². The molecule has 1 aromatic carbocycles. The molecule has 0 radical (unpaired) electrons. The zero-order valence-corrected chi connectivity index (χ0v) is 21.5. The second kappa shape index (κ2) is 11.6. The van der Waals surface area contributed by atoms with Crippen LogP contribution in [0.1, 0.15) is 26.5 Å². The van der Waals surface area contributed by atoms with E-state index in [2.05, 4.69) is 34.3 Å². The van der Waals surface area contributed by atoms with Gasteiger partial charge in [-0.25, -0.2) is 9.37 Å². The smallest absolute Gasteiger partial charge is 0.327 e. The average molecular weight is 530 g/mol. The van der Waals surface area contributed by atoms with Gasteiger partial charge in [0.05, 0.1) is 28.5 Å². The number of ether oxygens (including phenoxy) is 1. The Hall–Kier alpha value is -1.98. The molecular weight excluding hydrogens is 504 g/mol. The molecule has 2 aromatic heterocycles. The molecule has 5 N–H and O–H groups in total. The van der Waals surface area contributed by atoms with Crippen LogP contribution in [0.2, 0.25) is 5.02 Å². The summed E-state index contributed by atoms with van der Waals surface area (Å²) in [7, 11) is -2.55. The summed E-state index contributed by atoms with van der Waals surface area (Å²) < 4.78 is 25.0. The van der Waals surface area contributed by atoms with Gasteiger partial charge in [-0.1, -0.05) is 22.9 Å². The minimum atomic E-state index is -2.55. The number of benzene rings is 1. The van der Waals surface area contributed by atoms with Crippen molar-refractivity contribution in [2.75, 3.05) is 11.9 Å². The second-order valence-corrected chi connectivity index (χ2v) is 9.94. The highest BCUT2D eigenvalue weighted by Gasteiger charge is 2.20. The largest absolute Gasteiger partial charge is 0.489 e. The lowest BCUT2D eigenvalue weighted by Gasteiger charge is -2.21. The van der Waals surface area contributed by atoms with E-state index in [0.29, 0.717) is 21.3 Å². The third kappa shape index (κ3) is 6.79. The SMILES string of the molecule is Cc1nc(-c2nnc(-c3cc(F)c(OCC(N)C(C)OP(O)O)cc3Cl)s2)ccc1NC(C)C. The third-order valence-corrected chi connectivity index (χ3v) is 6.53. The number of hydrogen-bond acceptors (Lipinski definition) is 10. The van der Waals surface area contributed by atoms with Gasteiger partial charge in [-0.15, -0.1) is 10.2 Å². The summed E-state index contributed by atoms with van der Waals surface area (Å²) in [5.41, 5.74) is 8.69. The van der Waals surface area contributed by atoms with Gasteiger partial charge in [0.1, 0.15) is 17.3 Å². The summed E-state index contributed by atoms with van der Waals surface area (Å²) in [6.45, 7) is 7.45. The molecule has 3 aromatic rings. The van der Waals surface area contributed by atoms with Crippen LogP contribution in [0.5, 0.6) is 5.75 Å². The number of nitrogens with two attached hydrogens (primary N) is 1. The third-order valence-electron chi connectivity index (χ3n) is 4.72. The van der Waals surface area contributed by atoms with E-state index in [1.165, 1.54) is 23.5 Å². The molecule has 0 amide bonds. The van der Waals surface area contributed by atoms with Crippen molar-refractivity contribution in [2.24, 2.45) is 5.73 Å². The van der Waals surface area contributed by atoms with Crippen molar-refractivity contribution in [1.29, 1.82) is 0 Å². The Morgan fingerprint density at radius 3 is 2.56 bits per heavy atom. The van der Waals surface area contributed by atoms with Gasteiger partial charge in [0.15, 0.2) is 16.6 Å². The fourth-order valence-corrected chi connectivity index (χ4v) is 4.53. The quantitative estimate of drug-likeness (QED) is 0.280. The Kier molecular flexibility index (Phi) is 9.11. The first-order valence-corrected chi connectivity index (χ1v) is 12.7. The van der Waals surface area contributed by atoms with Crippen LogP contribution in [0, 0.1) is 12.7 Å². The molecule has 3 rings (SSSR count). The molecule has 0 aliphatic carbocycles. The van der Waals surface area contributed by atoms with Crippen LogP contribution < -0.4 is 15.8 Å². The Morgan fingerprint density at radius 1 is 1.21 bits per heavy atom. The van der Waals surface area contributed by atoms with Crippen LogP contribution in [0.25, 0.3) is 21.3 Å². The summed E-state index contributed by atoms with van der Waals surface area (Å²) in [6, 6.07) is 5.92. The van der Waals surface area contributed by atoms with E-state index >= 15 is 0 Å². The minimum absolute atomic E-state index is 0.0954. The highest BCUT2D eigenvalue weighted by Crippen LogP contribution is 2.37. The zero-order chi connectivity index (χ0) is 25.0. The van der Waals surface area contributed by atoms with Crippen LogP contribution in [0.3, 0.4) is 0 Å². The van der Waals surface area contributed by atoms with Crippen LogP contribution in [-0.4, -0.2) is 49.8 Å². The number of hydrogen-bond donors (Lipinski definition) is 4. The number of rotatable bonds is 10. The first-order chi connectivity index (χ1) is 16.0. The maximum absolute atomic E-state index is 14.7. The molecule has 34 heavy (non-hydrogen) atoms. The first-order valence-electron chi connectivity index (χ1n) is 10.4. The fraction of sp³-hybridized carbons (Fsp3) is 0.381. The van der Waals surface area contributed by atoms with Crippen molar-refractivity contribution in [1.82, 2.24) is 15.2 Å². The van der Waals surface area contributed by atoms with E-state index in [0.717, 1.165) is 11.4 Å². The van der Waals surface area contributed by atoms with E-state index in [-0.39, 0.29) is 23.4 Å². The first kappa shape index (κ1) is 26.6. The molecule has 9 nitrogen and oxygen atoms in total. The van der Waals surface area contributed by atoms with Crippen molar-refractivity contribution in [3.8, 4) is 27.0 Å². The molecule has 13 heteroatoms. The maximum atomic E-state index is 14.7. The van der Waals surface area contributed by atoms with E-state index in [9.17, 15) is 4.39 Å². The number of pyridine rings is 1. The monoisotopic (exact) mass is 529 g/mol. The van der Waals surface area contributed by atoms with Crippen LogP contribution in [0.15, 0.2) is 24.3 Å². The summed E-state index contributed by atoms with van der Waals surface area (Å²) >= 11 is 7.63. The lowest BCUT2D eigenvalue weighted by molar-refractivity contribution is 0.132. The van der Waals surface area contributed by atoms with Gasteiger partial charge in [-0.3, -0.25) is 0 Å². The van der Waals surface area contributed by atoms with E-state index in [1.807, 2.05) is 19.1 Å². The van der Waals surface area contributed by atoms with Gasteiger partial charge in [0, 0.05) is 17.7 Å². The van der Waals surface area contributed by atoms with Crippen LogP contribution in [-0.2, 0) is 4.52 Å². The summed E-state index contributed by atoms with van der Waals surface area (Å²) in [5.74, 6) is -0.747. The summed E-state index contributed by atoms with van der Waals surface area (Å²) in [5, 5.41) is 12.9. The Bertz CT molecular complexity index is 1140. The predicted molar refractivity (Wildman–Crippen MR) is 132 cm³/mol. The Labute approximate surface area is 207 Å². The number of nitrogens with zero attached hydrogens (tertiary/aromatic N) is 3. The molecule has 184 valence electrons. The molecule has 0 bridgehead atoms. The van der Waals surface area contributed by atoms with Crippen molar-refractivity contribution < 1.29 is 23.4 Å². The number of aryl methyl sites for hydroxylation is 1. The van der Waals surface area contributed by atoms with Gasteiger partial charge in [0.25, 0.3) is 0 Å². The fourth-order valence-electron chi connectivity index (χ4n) is 2.93. The number of nitrogens with one attached hydrogen (secondary N) is 1. The van der Waals surface area contributed by atoms with E-state index in [1.54, 1.807) is 6.92 Å². The predicted octanol–water partition coefficient (Wildman–Crippen LogP) is 4.51. The molecule has 0 fully saturated rings. The van der Waals surface area contributed by atoms with Gasteiger partial charge >= 0.3 is 8.60 Å².